The third-order valence-electron chi connectivity index (χ3n) is 4.46. The molecule has 1 saturated carbocycles. The highest BCUT2D eigenvalue weighted by Gasteiger charge is 2.61. The van der Waals surface area contributed by atoms with Crippen LogP contribution in [0.4, 0.5) is 0 Å². The highest BCUT2D eigenvalue weighted by molar-refractivity contribution is 5.79. The molecule has 0 aromatic carbocycles. The molecule has 112 valence electrons. The quantitative estimate of drug-likeness (QED) is 0.587. The average Bonchev–Trinajstić information content (AvgIpc) is 2.88. The van der Waals surface area contributed by atoms with Crippen molar-refractivity contribution >= 4 is 11.9 Å². The SMILES string of the molecule is CC(C)=C[C@@H]1[C@@H](C(=O)OCN2CCCCC2=O)C1(C)C. The van der Waals surface area contributed by atoms with Gasteiger partial charge in [-0.05, 0) is 38.0 Å². The fourth-order valence-corrected chi connectivity index (χ4v) is 3.03. The molecule has 1 aliphatic carbocycles. The number of nitrogens with zero attached hydrogens (tertiary/aromatic N) is 1. The van der Waals surface area contributed by atoms with Crippen molar-refractivity contribution in [1.82, 2.24) is 4.90 Å². The third kappa shape index (κ3) is 3.05. The van der Waals surface area contributed by atoms with Crippen molar-refractivity contribution < 1.29 is 14.3 Å². The van der Waals surface area contributed by atoms with Gasteiger partial charge in [0.2, 0.25) is 5.91 Å². The van der Waals surface area contributed by atoms with E-state index in [0.717, 1.165) is 12.8 Å². The van der Waals surface area contributed by atoms with E-state index in [2.05, 4.69) is 19.9 Å². The summed E-state index contributed by atoms with van der Waals surface area (Å²) in [5.74, 6) is 0.116. The lowest BCUT2D eigenvalue weighted by Gasteiger charge is -2.26. The molecule has 20 heavy (non-hydrogen) atoms. The van der Waals surface area contributed by atoms with Crippen LogP contribution in [-0.2, 0) is 14.3 Å². The van der Waals surface area contributed by atoms with Gasteiger partial charge >= 0.3 is 5.97 Å². The predicted molar refractivity (Wildman–Crippen MR) is 76.7 cm³/mol. The van der Waals surface area contributed by atoms with E-state index in [0.29, 0.717) is 13.0 Å². The maximum Gasteiger partial charge on any atom is 0.311 e. The van der Waals surface area contributed by atoms with Crippen molar-refractivity contribution in [2.24, 2.45) is 17.3 Å². The molecular weight excluding hydrogens is 254 g/mol. The van der Waals surface area contributed by atoms with E-state index in [9.17, 15) is 9.59 Å². The Labute approximate surface area is 121 Å². The van der Waals surface area contributed by atoms with Gasteiger partial charge in [-0.3, -0.25) is 9.59 Å². The van der Waals surface area contributed by atoms with E-state index < -0.39 is 0 Å². The van der Waals surface area contributed by atoms with Crippen LogP contribution in [0.15, 0.2) is 11.6 Å². The van der Waals surface area contributed by atoms with Gasteiger partial charge in [-0.1, -0.05) is 25.5 Å². The molecule has 2 rings (SSSR count). The zero-order valence-corrected chi connectivity index (χ0v) is 12.9. The minimum Gasteiger partial charge on any atom is -0.444 e. The summed E-state index contributed by atoms with van der Waals surface area (Å²) in [5.41, 5.74) is 1.20. The van der Waals surface area contributed by atoms with E-state index in [1.807, 2.05) is 13.8 Å². The Hall–Kier alpha value is -1.32. The first-order valence-corrected chi connectivity index (χ1v) is 7.43. The molecule has 4 nitrogen and oxygen atoms in total. The van der Waals surface area contributed by atoms with Crippen molar-refractivity contribution in [1.29, 1.82) is 0 Å². The zero-order valence-electron chi connectivity index (χ0n) is 12.9. The lowest BCUT2D eigenvalue weighted by Crippen LogP contribution is -2.38. The molecule has 1 amide bonds. The smallest absolute Gasteiger partial charge is 0.311 e. The Kier molecular flexibility index (Phi) is 4.21. The molecule has 2 aliphatic rings. The number of hydrogen-bond acceptors (Lipinski definition) is 3. The molecule has 0 bridgehead atoms. The van der Waals surface area contributed by atoms with E-state index >= 15 is 0 Å². The Bertz CT molecular complexity index is 435. The number of carbonyl (C=O) groups excluding carboxylic acids is 2. The Morgan fingerprint density at radius 3 is 2.70 bits per heavy atom. The lowest BCUT2D eigenvalue weighted by atomic mass is 10.1. The first-order chi connectivity index (χ1) is 9.34. The second kappa shape index (κ2) is 5.58. The van der Waals surface area contributed by atoms with Crippen LogP contribution < -0.4 is 0 Å². The molecule has 0 unspecified atom stereocenters. The van der Waals surface area contributed by atoms with Crippen molar-refractivity contribution in [3.63, 3.8) is 0 Å². The molecular formula is C16H25NO3. The number of carbonyl (C=O) groups is 2. The molecule has 0 spiro atoms. The average molecular weight is 279 g/mol. The maximum absolute atomic E-state index is 12.2. The summed E-state index contributed by atoms with van der Waals surface area (Å²) in [6.07, 6.45) is 4.67. The number of hydrogen-bond donors (Lipinski definition) is 0. The number of piperidine rings is 1. The second-order valence-electron chi connectivity index (χ2n) is 6.78. The summed E-state index contributed by atoms with van der Waals surface area (Å²) in [7, 11) is 0. The van der Waals surface area contributed by atoms with Crippen molar-refractivity contribution in [2.75, 3.05) is 13.3 Å². The van der Waals surface area contributed by atoms with Gasteiger partial charge < -0.3 is 9.64 Å². The molecule has 2 fully saturated rings. The molecule has 0 N–H and O–H groups in total. The van der Waals surface area contributed by atoms with Gasteiger partial charge in [0.15, 0.2) is 6.73 Å². The van der Waals surface area contributed by atoms with Crippen LogP contribution in [0.1, 0.15) is 47.0 Å². The number of esters is 1. The third-order valence-corrected chi connectivity index (χ3v) is 4.46. The number of allylic oxidation sites excluding steroid dienone is 2. The molecule has 0 aromatic rings. The second-order valence-corrected chi connectivity index (χ2v) is 6.78. The van der Waals surface area contributed by atoms with Crippen LogP contribution in [0.2, 0.25) is 0 Å². The Morgan fingerprint density at radius 2 is 2.10 bits per heavy atom. The predicted octanol–water partition coefficient (Wildman–Crippen LogP) is 2.74. The van der Waals surface area contributed by atoms with E-state index in [4.69, 9.17) is 4.74 Å². The largest absolute Gasteiger partial charge is 0.444 e. The van der Waals surface area contributed by atoms with Crippen LogP contribution >= 0.6 is 0 Å². The van der Waals surface area contributed by atoms with Crippen LogP contribution in [0, 0.1) is 17.3 Å². The molecule has 1 aliphatic heterocycles. The van der Waals surface area contributed by atoms with Crippen LogP contribution in [0.5, 0.6) is 0 Å². The standard InChI is InChI=1S/C16H25NO3/c1-11(2)9-12-14(16(12,3)4)15(19)20-10-17-8-6-5-7-13(17)18/h9,12,14H,5-8,10H2,1-4H3/t12-,14+/m1/s1. The summed E-state index contributed by atoms with van der Waals surface area (Å²) in [6.45, 7) is 9.10. The van der Waals surface area contributed by atoms with E-state index in [1.165, 1.54) is 5.57 Å². The summed E-state index contributed by atoms with van der Waals surface area (Å²) in [5, 5.41) is 0. The molecule has 0 radical (unpaired) electrons. The monoisotopic (exact) mass is 279 g/mol. The summed E-state index contributed by atoms with van der Waals surface area (Å²) >= 11 is 0. The molecule has 2 atom stereocenters. The number of likely N-dealkylation sites (tertiary alicyclic amines) is 1. The number of amides is 1. The zero-order chi connectivity index (χ0) is 14.9. The van der Waals surface area contributed by atoms with E-state index in [-0.39, 0.29) is 35.9 Å². The number of rotatable bonds is 4. The van der Waals surface area contributed by atoms with Crippen molar-refractivity contribution in [2.45, 2.75) is 47.0 Å². The van der Waals surface area contributed by atoms with E-state index in [1.54, 1.807) is 4.90 Å². The first-order valence-electron chi connectivity index (χ1n) is 7.43. The Balaban J connectivity index is 1.87. The fraction of sp³-hybridized carbons (Fsp3) is 0.750. The number of ether oxygens (including phenoxy) is 1. The summed E-state index contributed by atoms with van der Waals surface area (Å²) in [4.78, 5) is 25.5. The molecule has 1 heterocycles. The van der Waals surface area contributed by atoms with Gasteiger partial charge in [-0.15, -0.1) is 0 Å². The van der Waals surface area contributed by atoms with Crippen LogP contribution in [0.25, 0.3) is 0 Å². The summed E-state index contributed by atoms with van der Waals surface area (Å²) < 4.78 is 5.36. The van der Waals surface area contributed by atoms with Crippen molar-refractivity contribution in [3.05, 3.63) is 11.6 Å². The maximum atomic E-state index is 12.2. The Morgan fingerprint density at radius 1 is 1.40 bits per heavy atom. The van der Waals surface area contributed by atoms with Gasteiger partial charge in [0.05, 0.1) is 5.92 Å². The van der Waals surface area contributed by atoms with Gasteiger partial charge in [0, 0.05) is 13.0 Å². The molecule has 1 saturated heterocycles. The molecule has 0 aromatic heterocycles. The minimum absolute atomic E-state index is 0.0275. The summed E-state index contributed by atoms with van der Waals surface area (Å²) in [6, 6.07) is 0. The highest BCUT2D eigenvalue weighted by atomic mass is 16.5. The van der Waals surface area contributed by atoms with Crippen LogP contribution in [0.3, 0.4) is 0 Å². The van der Waals surface area contributed by atoms with Gasteiger partial charge in [0.1, 0.15) is 0 Å². The minimum atomic E-state index is -0.170. The fourth-order valence-electron chi connectivity index (χ4n) is 3.03. The normalized spacial score (nSPS) is 28.0. The topological polar surface area (TPSA) is 46.6 Å². The first kappa shape index (κ1) is 15.1. The van der Waals surface area contributed by atoms with Gasteiger partial charge in [0.25, 0.3) is 0 Å². The highest BCUT2D eigenvalue weighted by Crippen LogP contribution is 2.59. The molecule has 4 heteroatoms. The lowest BCUT2D eigenvalue weighted by molar-refractivity contribution is -0.156. The van der Waals surface area contributed by atoms with Crippen LogP contribution in [-0.4, -0.2) is 30.1 Å². The van der Waals surface area contributed by atoms with Crippen molar-refractivity contribution in [3.8, 4) is 0 Å². The van der Waals surface area contributed by atoms with Gasteiger partial charge in [-0.2, -0.15) is 0 Å². The van der Waals surface area contributed by atoms with Gasteiger partial charge in [-0.25, -0.2) is 0 Å².